The number of nitrogens with zero attached hydrogens (tertiary/aromatic N) is 3. The molecule has 8 heteroatoms. The molecule has 1 atom stereocenters. The lowest BCUT2D eigenvalue weighted by molar-refractivity contribution is 0.0752. The van der Waals surface area contributed by atoms with Gasteiger partial charge in [0.1, 0.15) is 4.90 Å². The molecule has 0 spiro atoms. The SMILES string of the molecule is CC1CN(S(=O)(=O)c2cnc(N)nc2)CCCO1. The summed E-state index contributed by atoms with van der Waals surface area (Å²) in [4.78, 5) is 7.49. The smallest absolute Gasteiger partial charge is 0.246 e. The van der Waals surface area contributed by atoms with Crippen LogP contribution in [0.15, 0.2) is 17.3 Å². The maximum absolute atomic E-state index is 12.3. The summed E-state index contributed by atoms with van der Waals surface area (Å²) in [6, 6.07) is 0. The van der Waals surface area contributed by atoms with E-state index < -0.39 is 10.0 Å². The molecule has 100 valence electrons. The first kappa shape index (κ1) is 13.2. The first-order valence-corrected chi connectivity index (χ1v) is 7.13. The van der Waals surface area contributed by atoms with E-state index in [9.17, 15) is 8.42 Å². The summed E-state index contributed by atoms with van der Waals surface area (Å²) in [5, 5.41) is 0. The minimum absolute atomic E-state index is 0.0570. The monoisotopic (exact) mass is 272 g/mol. The number of sulfonamides is 1. The van der Waals surface area contributed by atoms with Crippen LogP contribution in [0.2, 0.25) is 0 Å². The van der Waals surface area contributed by atoms with E-state index in [1.807, 2.05) is 6.92 Å². The average molecular weight is 272 g/mol. The number of nitrogens with two attached hydrogens (primary N) is 1. The van der Waals surface area contributed by atoms with Crippen LogP contribution in [0.1, 0.15) is 13.3 Å². The molecule has 0 radical (unpaired) electrons. The van der Waals surface area contributed by atoms with E-state index >= 15 is 0 Å². The second kappa shape index (κ2) is 5.17. The molecule has 0 amide bonds. The van der Waals surface area contributed by atoms with Crippen molar-refractivity contribution in [1.82, 2.24) is 14.3 Å². The van der Waals surface area contributed by atoms with Gasteiger partial charge in [0, 0.05) is 19.7 Å². The summed E-state index contributed by atoms with van der Waals surface area (Å²) in [6.45, 7) is 3.21. The predicted molar refractivity (Wildman–Crippen MR) is 65.2 cm³/mol. The fraction of sp³-hybridized carbons (Fsp3) is 0.600. The van der Waals surface area contributed by atoms with Gasteiger partial charge in [-0.2, -0.15) is 4.31 Å². The zero-order valence-electron chi connectivity index (χ0n) is 10.1. The second-order valence-electron chi connectivity index (χ2n) is 4.17. The molecule has 1 aromatic heterocycles. The molecule has 0 aliphatic carbocycles. The van der Waals surface area contributed by atoms with Crippen molar-refractivity contribution >= 4 is 16.0 Å². The first-order valence-electron chi connectivity index (χ1n) is 5.69. The van der Waals surface area contributed by atoms with Crippen molar-refractivity contribution in [3.8, 4) is 0 Å². The molecule has 1 aromatic rings. The highest BCUT2D eigenvalue weighted by atomic mass is 32.2. The van der Waals surface area contributed by atoms with Crippen LogP contribution in [0.4, 0.5) is 5.95 Å². The molecule has 0 saturated carbocycles. The van der Waals surface area contributed by atoms with Crippen LogP contribution in [0.3, 0.4) is 0 Å². The molecular formula is C10H16N4O3S. The van der Waals surface area contributed by atoms with E-state index in [1.165, 1.54) is 16.7 Å². The van der Waals surface area contributed by atoms with Gasteiger partial charge < -0.3 is 10.5 Å². The molecule has 2 heterocycles. The van der Waals surface area contributed by atoms with Crippen molar-refractivity contribution in [3.05, 3.63) is 12.4 Å². The van der Waals surface area contributed by atoms with Crippen molar-refractivity contribution in [3.63, 3.8) is 0 Å². The van der Waals surface area contributed by atoms with Crippen molar-refractivity contribution in [2.24, 2.45) is 0 Å². The van der Waals surface area contributed by atoms with Crippen LogP contribution in [-0.4, -0.2) is 48.5 Å². The number of rotatable bonds is 2. The summed E-state index contributed by atoms with van der Waals surface area (Å²) in [7, 11) is -3.56. The van der Waals surface area contributed by atoms with Crippen molar-refractivity contribution in [2.75, 3.05) is 25.4 Å². The lowest BCUT2D eigenvalue weighted by atomic mass is 10.4. The van der Waals surface area contributed by atoms with Crippen LogP contribution >= 0.6 is 0 Å². The van der Waals surface area contributed by atoms with Gasteiger partial charge in [0.15, 0.2) is 0 Å². The van der Waals surface area contributed by atoms with Gasteiger partial charge in [0.25, 0.3) is 0 Å². The Balaban J connectivity index is 2.26. The zero-order valence-corrected chi connectivity index (χ0v) is 10.9. The van der Waals surface area contributed by atoms with Crippen LogP contribution in [0.25, 0.3) is 0 Å². The molecular weight excluding hydrogens is 256 g/mol. The van der Waals surface area contributed by atoms with Crippen LogP contribution < -0.4 is 5.73 Å². The van der Waals surface area contributed by atoms with Crippen LogP contribution in [0.5, 0.6) is 0 Å². The number of anilines is 1. The molecule has 1 fully saturated rings. The first-order chi connectivity index (χ1) is 8.50. The molecule has 18 heavy (non-hydrogen) atoms. The fourth-order valence-corrected chi connectivity index (χ4v) is 3.23. The molecule has 1 saturated heterocycles. The largest absolute Gasteiger partial charge is 0.377 e. The zero-order chi connectivity index (χ0) is 13.2. The summed E-state index contributed by atoms with van der Waals surface area (Å²) in [5.41, 5.74) is 5.34. The van der Waals surface area contributed by atoms with Gasteiger partial charge in [-0.3, -0.25) is 0 Å². The third-order valence-electron chi connectivity index (χ3n) is 2.70. The van der Waals surface area contributed by atoms with Crippen molar-refractivity contribution in [2.45, 2.75) is 24.3 Å². The third-order valence-corrected chi connectivity index (χ3v) is 4.52. The standard InChI is InChI=1S/C10H16N4O3S/c1-8-7-14(3-2-4-17-8)18(15,16)9-5-12-10(11)13-6-9/h5-6,8H,2-4,7H2,1H3,(H2,11,12,13). The van der Waals surface area contributed by atoms with E-state index in [1.54, 1.807) is 0 Å². The van der Waals surface area contributed by atoms with E-state index in [0.29, 0.717) is 26.1 Å². The second-order valence-corrected chi connectivity index (χ2v) is 6.11. The summed E-state index contributed by atoms with van der Waals surface area (Å²) >= 11 is 0. The summed E-state index contributed by atoms with van der Waals surface area (Å²) in [5.74, 6) is 0.0570. The molecule has 1 unspecified atom stereocenters. The minimum Gasteiger partial charge on any atom is -0.377 e. The maximum Gasteiger partial charge on any atom is 0.246 e. The normalized spacial score (nSPS) is 22.6. The van der Waals surface area contributed by atoms with Crippen molar-refractivity contribution < 1.29 is 13.2 Å². The molecule has 7 nitrogen and oxygen atoms in total. The Bertz CT molecular complexity index is 502. The molecule has 2 N–H and O–H groups in total. The van der Waals surface area contributed by atoms with Gasteiger partial charge in [-0.25, -0.2) is 18.4 Å². The summed E-state index contributed by atoms with van der Waals surface area (Å²) in [6.07, 6.45) is 3.03. The Hall–Kier alpha value is -1.25. The van der Waals surface area contributed by atoms with Crippen LogP contribution in [0, 0.1) is 0 Å². The van der Waals surface area contributed by atoms with Gasteiger partial charge >= 0.3 is 0 Å². The molecule has 0 bridgehead atoms. The number of aromatic nitrogens is 2. The maximum atomic E-state index is 12.3. The highest BCUT2D eigenvalue weighted by molar-refractivity contribution is 7.89. The summed E-state index contributed by atoms with van der Waals surface area (Å²) < 4.78 is 31.5. The number of hydrogen-bond acceptors (Lipinski definition) is 6. The van der Waals surface area contributed by atoms with Gasteiger partial charge in [-0.1, -0.05) is 0 Å². The van der Waals surface area contributed by atoms with Crippen LogP contribution in [-0.2, 0) is 14.8 Å². The lowest BCUT2D eigenvalue weighted by Gasteiger charge is -2.21. The Labute approximate surface area is 106 Å². The molecule has 0 aromatic carbocycles. The highest BCUT2D eigenvalue weighted by Crippen LogP contribution is 2.17. The van der Waals surface area contributed by atoms with E-state index in [0.717, 1.165) is 0 Å². The van der Waals surface area contributed by atoms with E-state index in [2.05, 4.69) is 9.97 Å². The topological polar surface area (TPSA) is 98.4 Å². The Morgan fingerprint density at radius 1 is 1.44 bits per heavy atom. The predicted octanol–water partition coefficient (Wildman–Crippen LogP) is -0.142. The highest BCUT2D eigenvalue weighted by Gasteiger charge is 2.28. The Kier molecular flexibility index (Phi) is 3.79. The minimum atomic E-state index is -3.56. The van der Waals surface area contributed by atoms with E-state index in [4.69, 9.17) is 10.5 Å². The molecule has 1 aliphatic rings. The lowest BCUT2D eigenvalue weighted by Crippen LogP contribution is -2.36. The number of ether oxygens (including phenoxy) is 1. The van der Waals surface area contributed by atoms with Gasteiger partial charge in [0.2, 0.25) is 16.0 Å². The molecule has 1 aliphatic heterocycles. The third kappa shape index (κ3) is 2.77. The number of nitrogen functional groups attached to an aromatic ring is 1. The van der Waals surface area contributed by atoms with Gasteiger partial charge in [0.05, 0.1) is 18.5 Å². The fourth-order valence-electron chi connectivity index (χ4n) is 1.78. The van der Waals surface area contributed by atoms with Gasteiger partial charge in [-0.05, 0) is 13.3 Å². The Morgan fingerprint density at radius 3 is 2.78 bits per heavy atom. The van der Waals surface area contributed by atoms with E-state index in [-0.39, 0.29) is 16.9 Å². The molecule has 2 rings (SSSR count). The Morgan fingerprint density at radius 2 is 2.11 bits per heavy atom. The van der Waals surface area contributed by atoms with Gasteiger partial charge in [-0.15, -0.1) is 0 Å². The quantitative estimate of drug-likeness (QED) is 0.804. The number of hydrogen-bond donors (Lipinski definition) is 1. The van der Waals surface area contributed by atoms with Crippen molar-refractivity contribution in [1.29, 1.82) is 0 Å². The average Bonchev–Trinajstić information content (AvgIpc) is 2.55.